The molecule has 0 aromatic heterocycles. The molecule has 0 saturated carbocycles. The number of nitrogens with one attached hydrogen (secondary N) is 2. The summed E-state index contributed by atoms with van der Waals surface area (Å²) in [7, 11) is 0. The largest absolute Gasteiger partial charge is 0.372 e. The van der Waals surface area contributed by atoms with Gasteiger partial charge in [-0.3, -0.25) is 0 Å². The van der Waals surface area contributed by atoms with Crippen LogP contribution in [0.2, 0.25) is 0 Å². The lowest BCUT2D eigenvalue weighted by atomic mass is 9.98. The van der Waals surface area contributed by atoms with E-state index in [9.17, 15) is 0 Å². The average molecular weight is 432 g/mol. The lowest BCUT2D eigenvalue weighted by molar-refractivity contribution is 0.438. The Balaban J connectivity index is 1.56. The summed E-state index contributed by atoms with van der Waals surface area (Å²) >= 11 is 8.92. The molecule has 0 aliphatic carbocycles. The summed E-state index contributed by atoms with van der Waals surface area (Å²) in [4.78, 5) is 2.49. The van der Waals surface area contributed by atoms with E-state index in [4.69, 9.17) is 12.2 Å². The van der Waals surface area contributed by atoms with Gasteiger partial charge in [0.2, 0.25) is 0 Å². The quantitative estimate of drug-likeness (QED) is 0.603. The molecular formula is C21H26BrN3S. The summed E-state index contributed by atoms with van der Waals surface area (Å²) in [5.41, 5.74) is 3.53. The van der Waals surface area contributed by atoms with Crippen LogP contribution >= 0.6 is 28.1 Å². The van der Waals surface area contributed by atoms with Gasteiger partial charge in [0.05, 0.1) is 6.04 Å². The first-order valence-corrected chi connectivity index (χ1v) is 10.4. The first kappa shape index (κ1) is 19.2. The molecule has 2 N–H and O–H groups in total. The maximum Gasteiger partial charge on any atom is 0.171 e. The molecule has 1 unspecified atom stereocenters. The van der Waals surface area contributed by atoms with Crippen molar-refractivity contribution < 1.29 is 0 Å². The Morgan fingerprint density at radius 2 is 1.85 bits per heavy atom. The van der Waals surface area contributed by atoms with Crippen molar-refractivity contribution in [3.8, 4) is 0 Å². The van der Waals surface area contributed by atoms with E-state index in [0.717, 1.165) is 29.2 Å². The molecule has 3 nitrogen and oxygen atoms in total. The molecule has 5 heteroatoms. The second-order valence-corrected chi connectivity index (χ2v) is 8.42. The molecule has 1 fully saturated rings. The molecule has 138 valence electrons. The smallest absolute Gasteiger partial charge is 0.171 e. The van der Waals surface area contributed by atoms with Crippen LogP contribution in [0.4, 0.5) is 11.4 Å². The van der Waals surface area contributed by atoms with Crippen LogP contribution in [-0.2, 0) is 0 Å². The van der Waals surface area contributed by atoms with E-state index < -0.39 is 0 Å². The molecule has 1 heterocycles. The Hall–Kier alpha value is -1.59. The van der Waals surface area contributed by atoms with Crippen LogP contribution in [0.25, 0.3) is 0 Å². The van der Waals surface area contributed by atoms with E-state index in [2.05, 4.69) is 69.6 Å². The average Bonchev–Trinajstić information content (AvgIpc) is 2.62. The Labute approximate surface area is 170 Å². The third kappa shape index (κ3) is 5.21. The molecule has 2 aromatic carbocycles. The van der Waals surface area contributed by atoms with E-state index in [1.54, 1.807) is 0 Å². The molecule has 0 spiro atoms. The Morgan fingerprint density at radius 1 is 1.15 bits per heavy atom. The van der Waals surface area contributed by atoms with E-state index in [0.29, 0.717) is 5.11 Å². The van der Waals surface area contributed by atoms with Crippen molar-refractivity contribution in [2.45, 2.75) is 32.7 Å². The topological polar surface area (TPSA) is 27.3 Å². The highest BCUT2D eigenvalue weighted by Crippen LogP contribution is 2.24. The van der Waals surface area contributed by atoms with Gasteiger partial charge in [-0.1, -0.05) is 41.1 Å². The first-order chi connectivity index (χ1) is 12.5. The van der Waals surface area contributed by atoms with Crippen molar-refractivity contribution in [2.24, 2.45) is 5.92 Å². The summed E-state index contributed by atoms with van der Waals surface area (Å²) < 4.78 is 1.03. The van der Waals surface area contributed by atoms with E-state index in [-0.39, 0.29) is 6.04 Å². The van der Waals surface area contributed by atoms with E-state index >= 15 is 0 Å². The lowest BCUT2D eigenvalue weighted by Crippen LogP contribution is -2.33. The predicted octanol–water partition coefficient (Wildman–Crippen LogP) is 5.73. The second kappa shape index (κ2) is 8.87. The van der Waals surface area contributed by atoms with Crippen molar-refractivity contribution in [1.82, 2.24) is 5.32 Å². The van der Waals surface area contributed by atoms with Crippen LogP contribution in [0.5, 0.6) is 0 Å². The Morgan fingerprint density at radius 3 is 2.50 bits per heavy atom. The summed E-state index contributed by atoms with van der Waals surface area (Å²) in [6.07, 6.45) is 2.57. The normalized spacial score (nSPS) is 16.2. The van der Waals surface area contributed by atoms with Crippen LogP contribution in [0.1, 0.15) is 38.3 Å². The van der Waals surface area contributed by atoms with Gasteiger partial charge in [0.15, 0.2) is 5.11 Å². The van der Waals surface area contributed by atoms with Crippen LogP contribution in [-0.4, -0.2) is 18.2 Å². The number of nitrogens with zero attached hydrogens (tertiary/aromatic N) is 1. The number of benzene rings is 2. The van der Waals surface area contributed by atoms with Gasteiger partial charge in [0.25, 0.3) is 0 Å². The molecule has 1 atom stereocenters. The van der Waals surface area contributed by atoms with E-state index in [1.165, 1.54) is 24.1 Å². The predicted molar refractivity (Wildman–Crippen MR) is 119 cm³/mol. The molecule has 26 heavy (non-hydrogen) atoms. The second-order valence-electron chi connectivity index (χ2n) is 7.09. The fourth-order valence-corrected chi connectivity index (χ4v) is 3.95. The minimum Gasteiger partial charge on any atom is -0.372 e. The molecule has 1 saturated heterocycles. The van der Waals surface area contributed by atoms with Gasteiger partial charge in [-0.05, 0) is 73.8 Å². The molecule has 1 aliphatic heterocycles. The molecule has 0 radical (unpaired) electrons. The van der Waals surface area contributed by atoms with Crippen molar-refractivity contribution >= 4 is 44.6 Å². The summed E-state index contributed by atoms with van der Waals surface area (Å²) in [5, 5.41) is 7.22. The minimum absolute atomic E-state index is 0.151. The number of thiocarbonyl (C=S) groups is 1. The van der Waals surface area contributed by atoms with Crippen LogP contribution < -0.4 is 15.5 Å². The maximum atomic E-state index is 5.45. The summed E-state index contributed by atoms with van der Waals surface area (Å²) in [6, 6.07) is 17.0. The number of hydrogen-bond donors (Lipinski definition) is 2. The summed E-state index contributed by atoms with van der Waals surface area (Å²) in [6.45, 7) is 6.80. The van der Waals surface area contributed by atoms with Crippen LogP contribution in [0, 0.1) is 5.92 Å². The van der Waals surface area contributed by atoms with Crippen LogP contribution in [0.3, 0.4) is 0 Å². The highest BCUT2D eigenvalue weighted by molar-refractivity contribution is 9.10. The molecule has 0 bridgehead atoms. The van der Waals surface area contributed by atoms with Gasteiger partial charge in [-0.2, -0.15) is 0 Å². The maximum absolute atomic E-state index is 5.45. The lowest BCUT2D eigenvalue weighted by Gasteiger charge is -2.32. The Kier molecular flexibility index (Phi) is 6.54. The van der Waals surface area contributed by atoms with Gasteiger partial charge < -0.3 is 15.5 Å². The highest BCUT2D eigenvalue weighted by Gasteiger charge is 2.16. The third-order valence-electron chi connectivity index (χ3n) is 4.97. The number of hydrogen-bond acceptors (Lipinski definition) is 2. The van der Waals surface area contributed by atoms with Gasteiger partial charge in [0, 0.05) is 28.9 Å². The van der Waals surface area contributed by atoms with Crippen molar-refractivity contribution in [3.05, 3.63) is 58.6 Å². The molecular weight excluding hydrogens is 406 g/mol. The zero-order valence-corrected chi connectivity index (χ0v) is 17.7. The fourth-order valence-electron chi connectivity index (χ4n) is 3.25. The Bertz CT molecular complexity index is 739. The van der Waals surface area contributed by atoms with Crippen molar-refractivity contribution in [3.63, 3.8) is 0 Å². The minimum atomic E-state index is 0.151. The van der Waals surface area contributed by atoms with Crippen LogP contribution in [0.15, 0.2) is 53.0 Å². The monoisotopic (exact) mass is 431 g/mol. The molecule has 0 amide bonds. The number of rotatable bonds is 4. The number of halogens is 1. The van der Waals surface area contributed by atoms with Gasteiger partial charge in [0.1, 0.15) is 0 Å². The summed E-state index contributed by atoms with van der Waals surface area (Å²) in [5.74, 6) is 0.855. The highest BCUT2D eigenvalue weighted by atomic mass is 79.9. The van der Waals surface area contributed by atoms with Gasteiger partial charge >= 0.3 is 0 Å². The molecule has 2 aromatic rings. The van der Waals surface area contributed by atoms with Gasteiger partial charge in [-0.25, -0.2) is 0 Å². The number of anilines is 2. The zero-order chi connectivity index (χ0) is 18.5. The molecule has 1 aliphatic rings. The fraction of sp³-hybridized carbons (Fsp3) is 0.381. The zero-order valence-electron chi connectivity index (χ0n) is 15.3. The standard InChI is InChI=1S/C21H26BrN3S/c1-15-10-12-25(13-11-15)20-8-6-17(7-9-20)16(2)23-21(26)24-19-5-3-4-18(22)14-19/h3-9,14-16H,10-13H2,1-2H3,(H2,23,24,26). The third-order valence-corrected chi connectivity index (χ3v) is 5.69. The number of piperidine rings is 1. The van der Waals surface area contributed by atoms with Crippen molar-refractivity contribution in [1.29, 1.82) is 0 Å². The van der Waals surface area contributed by atoms with Crippen molar-refractivity contribution in [2.75, 3.05) is 23.3 Å². The van der Waals surface area contributed by atoms with E-state index in [1.807, 2.05) is 24.3 Å². The first-order valence-electron chi connectivity index (χ1n) is 9.19. The molecule has 3 rings (SSSR count). The van der Waals surface area contributed by atoms with Gasteiger partial charge in [-0.15, -0.1) is 0 Å². The SMILES string of the molecule is CC1CCN(c2ccc(C(C)NC(=S)Nc3cccc(Br)c3)cc2)CC1.